The molecule has 0 spiro atoms. The summed E-state index contributed by atoms with van der Waals surface area (Å²) in [6, 6.07) is 9.03. The fourth-order valence-electron chi connectivity index (χ4n) is 2.58. The van der Waals surface area contributed by atoms with E-state index in [9.17, 15) is 9.59 Å². The molecule has 0 saturated carbocycles. The average Bonchev–Trinajstić information content (AvgIpc) is 2.64. The highest BCUT2D eigenvalue weighted by molar-refractivity contribution is 14.0. The maximum absolute atomic E-state index is 12.1. The Hall–Kier alpha value is -2.04. The van der Waals surface area contributed by atoms with Gasteiger partial charge in [0.05, 0.1) is 6.54 Å². The maximum atomic E-state index is 12.1. The molecule has 0 aromatic heterocycles. The molecule has 1 aromatic rings. The molecule has 1 aromatic carbocycles. The number of nitrogens with two attached hydrogens (primary N) is 1. The topological polar surface area (TPSA) is 100 Å². The number of rotatable bonds is 4. The van der Waals surface area contributed by atoms with Gasteiger partial charge in [0, 0.05) is 38.3 Å². The van der Waals surface area contributed by atoms with Crippen LogP contribution in [0.25, 0.3) is 0 Å². The molecule has 2 amide bonds. The minimum absolute atomic E-state index is 0. The molecule has 9 heteroatoms. The number of ether oxygens (including phenoxy) is 1. The van der Waals surface area contributed by atoms with Gasteiger partial charge in [-0.25, -0.2) is 4.79 Å². The van der Waals surface area contributed by atoms with Crippen molar-refractivity contribution in [1.29, 1.82) is 0 Å². The summed E-state index contributed by atoms with van der Waals surface area (Å²) in [6.07, 6.45) is -0.304. The van der Waals surface area contributed by atoms with Crippen LogP contribution in [0.1, 0.15) is 31.1 Å². The van der Waals surface area contributed by atoms with E-state index in [0.717, 1.165) is 0 Å². The predicted octanol–water partition coefficient (Wildman–Crippen LogP) is 1.90. The lowest BCUT2D eigenvalue weighted by Gasteiger charge is -2.36. The zero-order chi connectivity index (χ0) is 19.9. The van der Waals surface area contributed by atoms with Gasteiger partial charge in [-0.3, -0.25) is 9.79 Å². The number of amides is 2. The lowest BCUT2D eigenvalue weighted by Crippen LogP contribution is -2.53. The van der Waals surface area contributed by atoms with Gasteiger partial charge in [-0.1, -0.05) is 18.2 Å². The van der Waals surface area contributed by atoms with Crippen LogP contribution >= 0.6 is 24.0 Å². The van der Waals surface area contributed by atoms with Crippen LogP contribution in [-0.4, -0.2) is 72.6 Å². The second-order valence-corrected chi connectivity index (χ2v) is 7.32. The smallest absolute Gasteiger partial charge is 0.410 e. The van der Waals surface area contributed by atoms with Crippen LogP contribution in [0.15, 0.2) is 35.3 Å². The molecule has 8 nitrogen and oxygen atoms in total. The van der Waals surface area contributed by atoms with Crippen LogP contribution < -0.4 is 11.1 Å². The molecule has 2 rings (SSSR count). The van der Waals surface area contributed by atoms with Crippen LogP contribution in [-0.2, 0) is 4.74 Å². The standard InChI is InChI=1S/C19H29N5O3.HI/c1-19(2,3)27-18(26)24-13-11-23(12-14-24)17(20)22-10-9-21-16(25)15-7-5-4-6-8-15;/h4-8H,9-14H2,1-3H3,(H2,20,22)(H,21,25);1H. The average molecular weight is 503 g/mol. The number of carbonyl (C=O) groups excluding carboxylic acids is 2. The lowest BCUT2D eigenvalue weighted by atomic mass is 10.2. The summed E-state index contributed by atoms with van der Waals surface area (Å²) >= 11 is 0. The van der Waals surface area contributed by atoms with E-state index in [1.165, 1.54) is 0 Å². The molecule has 1 fully saturated rings. The Labute approximate surface area is 183 Å². The molecule has 1 saturated heterocycles. The third-order valence-electron chi connectivity index (χ3n) is 3.96. The Kier molecular flexibility index (Phi) is 9.50. The molecular formula is C19H30IN5O3. The van der Waals surface area contributed by atoms with Crippen molar-refractivity contribution in [2.45, 2.75) is 26.4 Å². The first-order chi connectivity index (χ1) is 12.8. The first-order valence-corrected chi connectivity index (χ1v) is 9.12. The van der Waals surface area contributed by atoms with Crippen molar-refractivity contribution in [2.75, 3.05) is 39.3 Å². The number of hydrogen-bond donors (Lipinski definition) is 2. The normalized spacial score (nSPS) is 14.9. The Morgan fingerprint density at radius 1 is 1.11 bits per heavy atom. The Balaban J connectivity index is 0.00000392. The van der Waals surface area contributed by atoms with Gasteiger partial charge in [-0.2, -0.15) is 0 Å². The second-order valence-electron chi connectivity index (χ2n) is 7.32. The molecule has 1 heterocycles. The van der Waals surface area contributed by atoms with Crippen LogP contribution in [0.2, 0.25) is 0 Å². The molecule has 0 radical (unpaired) electrons. The summed E-state index contributed by atoms with van der Waals surface area (Å²) < 4.78 is 5.38. The monoisotopic (exact) mass is 503 g/mol. The van der Waals surface area contributed by atoms with E-state index in [-0.39, 0.29) is 36.0 Å². The van der Waals surface area contributed by atoms with Gasteiger partial charge in [0.1, 0.15) is 5.60 Å². The molecule has 0 bridgehead atoms. The van der Waals surface area contributed by atoms with E-state index in [1.807, 2.05) is 43.9 Å². The van der Waals surface area contributed by atoms with Crippen molar-refractivity contribution in [2.24, 2.45) is 10.7 Å². The maximum Gasteiger partial charge on any atom is 0.410 e. The summed E-state index contributed by atoms with van der Waals surface area (Å²) in [5.41, 5.74) is 6.15. The van der Waals surface area contributed by atoms with Gasteiger partial charge in [0.2, 0.25) is 0 Å². The predicted molar refractivity (Wildman–Crippen MR) is 120 cm³/mol. The number of guanidine groups is 1. The summed E-state index contributed by atoms with van der Waals surface area (Å²) in [4.78, 5) is 31.9. The van der Waals surface area contributed by atoms with Crippen molar-refractivity contribution < 1.29 is 14.3 Å². The molecular weight excluding hydrogens is 473 g/mol. The van der Waals surface area contributed by atoms with Gasteiger partial charge in [0.25, 0.3) is 5.91 Å². The van der Waals surface area contributed by atoms with Crippen molar-refractivity contribution in [3.05, 3.63) is 35.9 Å². The fourth-order valence-corrected chi connectivity index (χ4v) is 2.58. The summed E-state index contributed by atoms with van der Waals surface area (Å²) in [6.45, 7) is 8.64. The quantitative estimate of drug-likeness (QED) is 0.283. The minimum atomic E-state index is -0.501. The zero-order valence-electron chi connectivity index (χ0n) is 16.7. The van der Waals surface area contributed by atoms with E-state index >= 15 is 0 Å². The van der Waals surface area contributed by atoms with Gasteiger partial charge < -0.3 is 25.6 Å². The number of carbonyl (C=O) groups is 2. The van der Waals surface area contributed by atoms with E-state index in [0.29, 0.717) is 50.8 Å². The van der Waals surface area contributed by atoms with Crippen LogP contribution in [0, 0.1) is 0 Å². The van der Waals surface area contributed by atoms with Crippen molar-refractivity contribution >= 4 is 41.9 Å². The number of nitrogens with one attached hydrogen (secondary N) is 1. The molecule has 156 valence electrons. The molecule has 1 aliphatic rings. The number of nitrogens with zero attached hydrogens (tertiary/aromatic N) is 3. The number of piperazine rings is 1. The Bertz CT molecular complexity index is 668. The van der Waals surface area contributed by atoms with E-state index in [1.54, 1.807) is 17.0 Å². The van der Waals surface area contributed by atoms with Gasteiger partial charge in [-0.15, -0.1) is 24.0 Å². The lowest BCUT2D eigenvalue weighted by molar-refractivity contribution is 0.0186. The number of benzene rings is 1. The van der Waals surface area contributed by atoms with Crippen LogP contribution in [0.3, 0.4) is 0 Å². The Morgan fingerprint density at radius 3 is 2.25 bits per heavy atom. The molecule has 3 N–H and O–H groups in total. The molecule has 0 unspecified atom stereocenters. The molecule has 0 aliphatic carbocycles. The summed E-state index contributed by atoms with van der Waals surface area (Å²) in [5.74, 6) is 0.295. The highest BCUT2D eigenvalue weighted by Gasteiger charge is 2.26. The third kappa shape index (κ3) is 7.91. The first kappa shape index (κ1) is 24.0. The van der Waals surface area contributed by atoms with E-state index in [2.05, 4.69) is 10.3 Å². The van der Waals surface area contributed by atoms with Gasteiger partial charge in [0.15, 0.2) is 5.96 Å². The number of hydrogen-bond acceptors (Lipinski definition) is 4. The molecule has 1 aliphatic heterocycles. The first-order valence-electron chi connectivity index (χ1n) is 9.12. The largest absolute Gasteiger partial charge is 0.444 e. The van der Waals surface area contributed by atoms with E-state index in [4.69, 9.17) is 10.5 Å². The summed E-state index contributed by atoms with van der Waals surface area (Å²) in [7, 11) is 0. The second kappa shape index (κ2) is 11.1. The fraction of sp³-hybridized carbons (Fsp3) is 0.526. The molecule has 0 atom stereocenters. The van der Waals surface area contributed by atoms with Crippen LogP contribution in [0.5, 0.6) is 0 Å². The van der Waals surface area contributed by atoms with Gasteiger partial charge >= 0.3 is 6.09 Å². The van der Waals surface area contributed by atoms with E-state index < -0.39 is 5.60 Å². The van der Waals surface area contributed by atoms with Crippen molar-refractivity contribution in [1.82, 2.24) is 15.1 Å². The van der Waals surface area contributed by atoms with Crippen molar-refractivity contribution in [3.8, 4) is 0 Å². The minimum Gasteiger partial charge on any atom is -0.444 e. The van der Waals surface area contributed by atoms with Crippen molar-refractivity contribution in [3.63, 3.8) is 0 Å². The number of halogens is 1. The Morgan fingerprint density at radius 2 is 1.68 bits per heavy atom. The van der Waals surface area contributed by atoms with Gasteiger partial charge in [-0.05, 0) is 32.9 Å². The zero-order valence-corrected chi connectivity index (χ0v) is 19.0. The number of aliphatic imine (C=N–C) groups is 1. The third-order valence-corrected chi connectivity index (χ3v) is 3.96. The van der Waals surface area contributed by atoms with Crippen LogP contribution in [0.4, 0.5) is 4.79 Å². The summed E-state index contributed by atoms with van der Waals surface area (Å²) in [5, 5.41) is 2.81. The molecule has 28 heavy (non-hydrogen) atoms. The highest BCUT2D eigenvalue weighted by Crippen LogP contribution is 2.11. The SMILES string of the molecule is CC(C)(C)OC(=O)N1CCN(C(N)=NCCNC(=O)c2ccccc2)CC1.I. The highest BCUT2D eigenvalue weighted by atomic mass is 127.